The molecule has 2 aromatic rings. The first-order chi connectivity index (χ1) is 8.06. The Morgan fingerprint density at radius 1 is 1.29 bits per heavy atom. The summed E-state index contributed by atoms with van der Waals surface area (Å²) in [6.45, 7) is 0. The van der Waals surface area contributed by atoms with Gasteiger partial charge in [0.15, 0.2) is 0 Å². The van der Waals surface area contributed by atoms with Crippen molar-refractivity contribution in [3.8, 4) is 0 Å². The Labute approximate surface area is 120 Å². The minimum Gasteiger partial charge on any atom is -0.388 e. The average Bonchev–Trinajstić information content (AvgIpc) is 2.68. The Morgan fingerprint density at radius 2 is 2.06 bits per heavy atom. The molecule has 0 amide bonds. The van der Waals surface area contributed by atoms with Crippen molar-refractivity contribution in [1.29, 1.82) is 0 Å². The molecular weight excluding hydrogens is 371 g/mol. The van der Waals surface area contributed by atoms with Gasteiger partial charge < -0.3 is 5.11 Å². The van der Waals surface area contributed by atoms with Crippen molar-refractivity contribution in [1.82, 2.24) is 0 Å². The molecule has 1 heterocycles. The summed E-state index contributed by atoms with van der Waals surface area (Å²) in [7, 11) is 0. The van der Waals surface area contributed by atoms with Gasteiger partial charge in [-0.15, -0.1) is 11.3 Å². The summed E-state index contributed by atoms with van der Waals surface area (Å²) in [5.41, 5.74) is 0.711. The minimum absolute atomic E-state index is 0.320. The van der Waals surface area contributed by atoms with Crippen molar-refractivity contribution in [3.63, 3.8) is 0 Å². The fourth-order valence-corrected chi connectivity index (χ4v) is 3.37. The quantitative estimate of drug-likeness (QED) is 0.820. The highest BCUT2D eigenvalue weighted by Crippen LogP contribution is 2.27. The van der Waals surface area contributed by atoms with Gasteiger partial charge in [-0.2, -0.15) is 0 Å². The van der Waals surface area contributed by atoms with E-state index in [-0.39, 0.29) is 5.82 Å². The van der Waals surface area contributed by atoms with Gasteiger partial charge in [0.25, 0.3) is 0 Å². The zero-order chi connectivity index (χ0) is 12.4. The number of benzene rings is 1. The summed E-state index contributed by atoms with van der Waals surface area (Å²) < 4.78 is 14.5. The highest BCUT2D eigenvalue weighted by molar-refractivity contribution is 9.10. The lowest BCUT2D eigenvalue weighted by Crippen LogP contribution is -2.00. The number of rotatable bonds is 3. The summed E-state index contributed by atoms with van der Waals surface area (Å²) in [6, 6.07) is 6.55. The normalized spacial score (nSPS) is 12.7. The van der Waals surface area contributed by atoms with E-state index in [0.717, 1.165) is 9.35 Å². The van der Waals surface area contributed by atoms with E-state index in [1.807, 2.05) is 11.4 Å². The SMILES string of the molecule is OC(Cc1cc(Br)cs1)c1ccc(F)c(Br)c1. The average molecular weight is 380 g/mol. The van der Waals surface area contributed by atoms with Gasteiger partial charge in [-0.3, -0.25) is 0 Å². The topological polar surface area (TPSA) is 20.2 Å². The Bertz CT molecular complexity index is 527. The van der Waals surface area contributed by atoms with Gasteiger partial charge in [0, 0.05) is 21.2 Å². The van der Waals surface area contributed by atoms with Crippen molar-refractivity contribution in [2.24, 2.45) is 0 Å². The molecule has 0 spiro atoms. The van der Waals surface area contributed by atoms with Gasteiger partial charge in [0.05, 0.1) is 10.6 Å². The Kier molecular flexibility index (Phi) is 4.36. The molecule has 1 unspecified atom stereocenters. The molecule has 1 nitrogen and oxygen atoms in total. The van der Waals surface area contributed by atoms with Crippen LogP contribution in [0.2, 0.25) is 0 Å². The summed E-state index contributed by atoms with van der Waals surface area (Å²) >= 11 is 8.07. The zero-order valence-electron chi connectivity index (χ0n) is 8.66. The van der Waals surface area contributed by atoms with E-state index in [2.05, 4.69) is 31.9 Å². The van der Waals surface area contributed by atoms with Gasteiger partial charge >= 0.3 is 0 Å². The lowest BCUT2D eigenvalue weighted by Gasteiger charge is -2.10. The lowest BCUT2D eigenvalue weighted by molar-refractivity contribution is 0.179. The fourth-order valence-electron chi connectivity index (χ4n) is 1.49. The zero-order valence-corrected chi connectivity index (χ0v) is 12.6. The maximum atomic E-state index is 13.1. The molecule has 0 fully saturated rings. The van der Waals surface area contributed by atoms with Crippen molar-refractivity contribution < 1.29 is 9.50 Å². The first-order valence-electron chi connectivity index (χ1n) is 4.92. The molecular formula is C12H9Br2FOS. The molecule has 0 aliphatic heterocycles. The molecule has 0 saturated carbocycles. The van der Waals surface area contributed by atoms with Gasteiger partial charge in [0.1, 0.15) is 5.82 Å². The number of halogens is 3. The monoisotopic (exact) mass is 378 g/mol. The number of hydrogen-bond donors (Lipinski definition) is 1. The molecule has 17 heavy (non-hydrogen) atoms. The number of hydrogen-bond acceptors (Lipinski definition) is 2. The predicted octanol–water partition coefficient (Wildman–Crippen LogP) is 4.69. The van der Waals surface area contributed by atoms with E-state index < -0.39 is 6.10 Å². The summed E-state index contributed by atoms with van der Waals surface area (Å²) in [6.07, 6.45) is -0.0774. The second-order valence-corrected chi connectivity index (χ2v) is 6.39. The summed E-state index contributed by atoms with van der Waals surface area (Å²) in [5.74, 6) is -0.320. The van der Waals surface area contributed by atoms with Crippen LogP contribution in [0.3, 0.4) is 0 Å². The van der Waals surface area contributed by atoms with Crippen molar-refractivity contribution in [3.05, 3.63) is 54.8 Å². The van der Waals surface area contributed by atoms with E-state index in [1.165, 1.54) is 6.07 Å². The third-order valence-electron chi connectivity index (χ3n) is 2.34. The van der Waals surface area contributed by atoms with E-state index in [1.54, 1.807) is 23.5 Å². The molecule has 1 N–H and O–H groups in total. The van der Waals surface area contributed by atoms with E-state index in [4.69, 9.17) is 0 Å². The highest BCUT2D eigenvalue weighted by atomic mass is 79.9. The standard InChI is InChI=1S/C12H9Br2FOS/c13-8-4-9(17-6-8)5-12(16)7-1-2-11(15)10(14)3-7/h1-4,6,12,16H,5H2. The molecule has 1 atom stereocenters. The molecule has 0 radical (unpaired) electrons. The van der Waals surface area contributed by atoms with Crippen LogP contribution in [-0.4, -0.2) is 5.11 Å². The van der Waals surface area contributed by atoms with Crippen LogP contribution in [0.4, 0.5) is 4.39 Å². The number of thiophene rings is 1. The van der Waals surface area contributed by atoms with E-state index in [9.17, 15) is 9.50 Å². The Hall–Kier alpha value is -0.230. The predicted molar refractivity (Wildman–Crippen MR) is 74.8 cm³/mol. The third kappa shape index (κ3) is 3.37. The molecule has 0 bridgehead atoms. The Balaban J connectivity index is 2.14. The van der Waals surface area contributed by atoms with E-state index in [0.29, 0.717) is 16.5 Å². The van der Waals surface area contributed by atoms with Crippen LogP contribution >= 0.6 is 43.2 Å². The Morgan fingerprint density at radius 3 is 2.65 bits per heavy atom. The minimum atomic E-state index is -0.613. The largest absolute Gasteiger partial charge is 0.388 e. The van der Waals surface area contributed by atoms with Crippen molar-refractivity contribution >= 4 is 43.2 Å². The third-order valence-corrected chi connectivity index (χ3v) is 4.67. The highest BCUT2D eigenvalue weighted by Gasteiger charge is 2.11. The van der Waals surface area contributed by atoms with Crippen LogP contribution in [0.1, 0.15) is 16.5 Å². The molecule has 2 rings (SSSR count). The molecule has 0 aliphatic carbocycles. The maximum absolute atomic E-state index is 13.1. The van der Waals surface area contributed by atoms with Crippen molar-refractivity contribution in [2.75, 3.05) is 0 Å². The first kappa shape index (κ1) is 13.2. The maximum Gasteiger partial charge on any atom is 0.137 e. The number of aliphatic hydroxyl groups is 1. The fraction of sp³-hybridized carbons (Fsp3) is 0.167. The van der Waals surface area contributed by atoms with Gasteiger partial charge in [-0.1, -0.05) is 6.07 Å². The molecule has 0 aliphatic rings. The van der Waals surface area contributed by atoms with Crippen LogP contribution in [0.25, 0.3) is 0 Å². The summed E-state index contributed by atoms with van der Waals surface area (Å²) in [4.78, 5) is 1.09. The van der Waals surface area contributed by atoms with Crippen LogP contribution < -0.4 is 0 Å². The lowest BCUT2D eigenvalue weighted by atomic mass is 10.1. The van der Waals surface area contributed by atoms with Crippen LogP contribution in [0, 0.1) is 5.82 Å². The molecule has 1 aromatic carbocycles. The van der Waals surface area contributed by atoms with Crippen LogP contribution in [0.5, 0.6) is 0 Å². The van der Waals surface area contributed by atoms with Crippen molar-refractivity contribution in [2.45, 2.75) is 12.5 Å². The second kappa shape index (κ2) is 5.61. The van der Waals surface area contributed by atoms with E-state index >= 15 is 0 Å². The van der Waals surface area contributed by atoms with Gasteiger partial charge in [0.2, 0.25) is 0 Å². The molecule has 90 valence electrons. The molecule has 0 saturated heterocycles. The molecule has 5 heteroatoms. The first-order valence-corrected chi connectivity index (χ1v) is 7.39. The van der Waals surface area contributed by atoms with Gasteiger partial charge in [-0.05, 0) is 55.6 Å². The summed E-state index contributed by atoms with van der Waals surface area (Å²) in [5, 5.41) is 12.0. The number of aliphatic hydroxyl groups excluding tert-OH is 1. The second-order valence-electron chi connectivity index (χ2n) is 3.62. The molecule has 1 aromatic heterocycles. The van der Waals surface area contributed by atoms with Crippen LogP contribution in [-0.2, 0) is 6.42 Å². The van der Waals surface area contributed by atoms with Gasteiger partial charge in [-0.25, -0.2) is 4.39 Å². The smallest absolute Gasteiger partial charge is 0.137 e. The van der Waals surface area contributed by atoms with Crippen LogP contribution in [0.15, 0.2) is 38.6 Å².